The van der Waals surface area contributed by atoms with Crippen molar-refractivity contribution in [2.75, 3.05) is 20.6 Å². The Kier molecular flexibility index (Phi) is 5.43. The second kappa shape index (κ2) is 7.74. The van der Waals surface area contributed by atoms with Crippen molar-refractivity contribution in [3.05, 3.63) is 36.5 Å². The van der Waals surface area contributed by atoms with Crippen molar-refractivity contribution >= 4 is 5.91 Å². The molecule has 0 atom stereocenters. The van der Waals surface area contributed by atoms with Crippen molar-refractivity contribution in [3.63, 3.8) is 0 Å². The normalized spacial score (nSPS) is 17.2. The number of carbonyl (C=O) groups is 1. The van der Waals surface area contributed by atoms with Gasteiger partial charge in [0.2, 0.25) is 0 Å². The van der Waals surface area contributed by atoms with Gasteiger partial charge in [-0.1, -0.05) is 25.7 Å². The highest BCUT2D eigenvalue weighted by atomic mass is 16.1. The summed E-state index contributed by atoms with van der Waals surface area (Å²) in [6.45, 7) is 0.643. The zero-order chi connectivity index (χ0) is 17.7. The molecule has 2 aromatic rings. The predicted octanol–water partition coefficient (Wildman–Crippen LogP) is 2.05. The molecule has 2 heterocycles. The highest BCUT2D eigenvalue weighted by molar-refractivity contribution is 5.92. The molecule has 0 unspecified atom stereocenters. The largest absolute Gasteiger partial charge is 0.349 e. The van der Waals surface area contributed by atoms with Crippen LogP contribution in [-0.2, 0) is 0 Å². The summed E-state index contributed by atoms with van der Waals surface area (Å²) >= 11 is 0. The second-order valence-corrected chi connectivity index (χ2v) is 6.96. The van der Waals surface area contributed by atoms with Crippen molar-refractivity contribution in [2.24, 2.45) is 0 Å². The number of likely N-dealkylation sites (N-methyl/N-ethyl adjacent to an activating group) is 1. The van der Waals surface area contributed by atoms with Gasteiger partial charge in [-0.05, 0) is 39.1 Å². The molecule has 1 fully saturated rings. The Balaban J connectivity index is 1.65. The van der Waals surface area contributed by atoms with Crippen molar-refractivity contribution in [3.8, 4) is 5.82 Å². The lowest BCUT2D eigenvalue weighted by Crippen LogP contribution is -2.52. The van der Waals surface area contributed by atoms with Crippen molar-refractivity contribution < 1.29 is 4.79 Å². The van der Waals surface area contributed by atoms with Crippen molar-refractivity contribution in [2.45, 2.75) is 44.1 Å². The molecule has 1 aliphatic carbocycles. The van der Waals surface area contributed by atoms with Crippen LogP contribution in [0.15, 0.2) is 30.9 Å². The number of carbonyl (C=O) groups excluding carboxylic acids is 1. The first-order chi connectivity index (χ1) is 12.1. The van der Waals surface area contributed by atoms with Crippen LogP contribution in [0.5, 0.6) is 0 Å². The Bertz CT molecular complexity index is 672. The highest BCUT2D eigenvalue weighted by Crippen LogP contribution is 2.30. The molecule has 1 N–H and O–H groups in total. The summed E-state index contributed by atoms with van der Waals surface area (Å²) in [5.41, 5.74) is 0.377. The van der Waals surface area contributed by atoms with Gasteiger partial charge in [-0.2, -0.15) is 0 Å². The first-order valence-corrected chi connectivity index (χ1v) is 8.88. The summed E-state index contributed by atoms with van der Waals surface area (Å²) in [6, 6.07) is 3.48. The van der Waals surface area contributed by atoms with Crippen LogP contribution in [0, 0.1) is 0 Å². The topological polar surface area (TPSA) is 75.9 Å². The summed E-state index contributed by atoms with van der Waals surface area (Å²) in [4.78, 5) is 18.7. The Hall–Kier alpha value is -2.28. The van der Waals surface area contributed by atoms with Crippen LogP contribution >= 0.6 is 0 Å². The Labute approximate surface area is 148 Å². The van der Waals surface area contributed by atoms with Crippen molar-refractivity contribution in [1.82, 2.24) is 30.0 Å². The SMILES string of the molecule is CN(C)C1(CNC(=O)c2ccc(-n3ccnc3)nn2)CCCCCC1. The van der Waals surface area contributed by atoms with Gasteiger partial charge in [0.15, 0.2) is 11.5 Å². The fourth-order valence-corrected chi connectivity index (χ4v) is 3.48. The summed E-state index contributed by atoms with van der Waals surface area (Å²) in [6.07, 6.45) is 12.3. The van der Waals surface area contributed by atoms with Crippen LogP contribution in [0.25, 0.3) is 5.82 Å². The molecule has 0 bridgehead atoms. The fourth-order valence-electron chi connectivity index (χ4n) is 3.48. The molecule has 0 aliphatic heterocycles. The molecule has 7 nitrogen and oxygen atoms in total. The second-order valence-electron chi connectivity index (χ2n) is 6.96. The molecule has 2 aromatic heterocycles. The van der Waals surface area contributed by atoms with E-state index >= 15 is 0 Å². The maximum Gasteiger partial charge on any atom is 0.271 e. The van der Waals surface area contributed by atoms with Gasteiger partial charge in [-0.15, -0.1) is 10.2 Å². The number of amides is 1. The van der Waals surface area contributed by atoms with E-state index in [2.05, 4.69) is 39.5 Å². The lowest BCUT2D eigenvalue weighted by molar-refractivity contribution is 0.0863. The quantitative estimate of drug-likeness (QED) is 0.842. The third-order valence-electron chi connectivity index (χ3n) is 5.21. The number of rotatable bonds is 5. The van der Waals surface area contributed by atoms with Gasteiger partial charge in [0, 0.05) is 24.5 Å². The number of aromatic nitrogens is 4. The molecule has 1 aliphatic rings. The molecule has 7 heteroatoms. The minimum atomic E-state index is -0.171. The van der Waals surface area contributed by atoms with E-state index in [4.69, 9.17) is 0 Å². The van der Waals surface area contributed by atoms with E-state index in [9.17, 15) is 4.79 Å². The average Bonchev–Trinajstić information content (AvgIpc) is 3.05. The molecular weight excluding hydrogens is 316 g/mol. The Morgan fingerprint density at radius 2 is 1.96 bits per heavy atom. The van der Waals surface area contributed by atoms with E-state index in [0.717, 1.165) is 12.8 Å². The van der Waals surface area contributed by atoms with Crippen LogP contribution in [-0.4, -0.2) is 56.7 Å². The molecule has 25 heavy (non-hydrogen) atoms. The van der Waals surface area contributed by atoms with Gasteiger partial charge in [-0.25, -0.2) is 4.98 Å². The van der Waals surface area contributed by atoms with Gasteiger partial charge in [0.25, 0.3) is 5.91 Å². The summed E-state index contributed by atoms with van der Waals surface area (Å²) in [7, 11) is 4.22. The number of hydrogen-bond donors (Lipinski definition) is 1. The van der Waals surface area contributed by atoms with E-state index < -0.39 is 0 Å². The van der Waals surface area contributed by atoms with E-state index in [1.807, 2.05) is 0 Å². The first kappa shape index (κ1) is 17.5. The average molecular weight is 342 g/mol. The molecule has 0 spiro atoms. The van der Waals surface area contributed by atoms with E-state index in [0.29, 0.717) is 18.1 Å². The first-order valence-electron chi connectivity index (χ1n) is 8.88. The molecule has 1 amide bonds. The molecule has 0 aromatic carbocycles. The third-order valence-corrected chi connectivity index (χ3v) is 5.21. The molecule has 0 radical (unpaired) electrons. The van der Waals surface area contributed by atoms with Crippen molar-refractivity contribution in [1.29, 1.82) is 0 Å². The van der Waals surface area contributed by atoms with E-state index in [-0.39, 0.29) is 11.4 Å². The van der Waals surface area contributed by atoms with Gasteiger partial charge in [0.05, 0.1) is 0 Å². The molecule has 0 saturated heterocycles. The zero-order valence-electron chi connectivity index (χ0n) is 15.0. The summed E-state index contributed by atoms with van der Waals surface area (Å²) in [5, 5.41) is 11.2. The number of imidazole rings is 1. The third kappa shape index (κ3) is 4.04. The fraction of sp³-hybridized carbons (Fsp3) is 0.556. The van der Waals surface area contributed by atoms with Crippen LogP contribution in [0.4, 0.5) is 0 Å². The van der Waals surface area contributed by atoms with Gasteiger partial charge >= 0.3 is 0 Å². The maximum atomic E-state index is 12.5. The summed E-state index contributed by atoms with van der Waals surface area (Å²) < 4.78 is 1.75. The van der Waals surface area contributed by atoms with Gasteiger partial charge in [-0.3, -0.25) is 9.36 Å². The monoisotopic (exact) mass is 342 g/mol. The lowest BCUT2D eigenvalue weighted by Gasteiger charge is -2.39. The molecule has 3 rings (SSSR count). The Morgan fingerprint density at radius 1 is 1.20 bits per heavy atom. The van der Waals surface area contributed by atoms with E-state index in [1.165, 1.54) is 25.7 Å². The number of nitrogens with one attached hydrogen (secondary N) is 1. The minimum absolute atomic E-state index is 0.0380. The smallest absolute Gasteiger partial charge is 0.271 e. The van der Waals surface area contributed by atoms with Gasteiger partial charge < -0.3 is 10.2 Å². The van der Waals surface area contributed by atoms with Crippen LogP contribution in [0.3, 0.4) is 0 Å². The number of nitrogens with zero attached hydrogens (tertiary/aromatic N) is 5. The van der Waals surface area contributed by atoms with Gasteiger partial charge in [0.1, 0.15) is 6.33 Å². The standard InChI is InChI=1S/C18H26N6O/c1-23(2)18(9-5-3-4-6-10-18)13-20-17(25)15-7-8-16(22-21-15)24-12-11-19-14-24/h7-8,11-12,14H,3-6,9-10,13H2,1-2H3,(H,20,25). The molecule has 1 saturated carbocycles. The number of hydrogen-bond acceptors (Lipinski definition) is 5. The molecule has 134 valence electrons. The maximum absolute atomic E-state index is 12.5. The van der Waals surface area contributed by atoms with Crippen LogP contribution in [0.1, 0.15) is 49.0 Å². The lowest BCUT2D eigenvalue weighted by atomic mass is 9.88. The van der Waals surface area contributed by atoms with Crippen LogP contribution in [0.2, 0.25) is 0 Å². The minimum Gasteiger partial charge on any atom is -0.349 e. The van der Waals surface area contributed by atoms with E-state index in [1.54, 1.807) is 35.4 Å². The summed E-state index contributed by atoms with van der Waals surface area (Å²) in [5.74, 6) is 0.470. The molecular formula is C18H26N6O. The van der Waals surface area contributed by atoms with Crippen LogP contribution < -0.4 is 5.32 Å². The predicted molar refractivity (Wildman–Crippen MR) is 95.6 cm³/mol. The highest BCUT2D eigenvalue weighted by Gasteiger charge is 2.33. The zero-order valence-corrected chi connectivity index (χ0v) is 15.0. The Morgan fingerprint density at radius 3 is 2.52 bits per heavy atom.